The standard InChI is InChI=1S/C8H17.Fe.O/c1-3-5-7-8-6-4-2;;/h1,3-8H2,2H3;;/q-1;+3;-2. The molecule has 0 aliphatic rings. The molecule has 10 heavy (non-hydrogen) atoms. The SMILES string of the molecule is [CH2-]CCCCCCC.[Fe+3].[O-2]. The summed E-state index contributed by atoms with van der Waals surface area (Å²) >= 11 is 0. The third-order valence-corrected chi connectivity index (χ3v) is 1.35. The van der Waals surface area contributed by atoms with Gasteiger partial charge in [-0.15, -0.1) is 0 Å². The Labute approximate surface area is 75.4 Å². The van der Waals surface area contributed by atoms with Gasteiger partial charge in [-0.25, -0.2) is 0 Å². The largest absolute Gasteiger partial charge is 3.00 e. The number of hydrogen-bond acceptors (Lipinski definition) is 0. The van der Waals surface area contributed by atoms with E-state index in [1.165, 1.54) is 32.1 Å². The minimum atomic E-state index is 0. The van der Waals surface area contributed by atoms with Crippen LogP contribution in [0.25, 0.3) is 0 Å². The molecule has 0 aromatic heterocycles. The molecule has 0 heterocycles. The van der Waals surface area contributed by atoms with Crippen molar-refractivity contribution in [3.8, 4) is 0 Å². The Balaban J connectivity index is -0.000000245. The van der Waals surface area contributed by atoms with Gasteiger partial charge in [0.1, 0.15) is 0 Å². The smallest absolute Gasteiger partial charge is 2.00 e. The Hall–Kier alpha value is 0.479. The molecule has 0 saturated carbocycles. The quantitative estimate of drug-likeness (QED) is 0.357. The molecule has 0 aliphatic carbocycles. The van der Waals surface area contributed by atoms with E-state index in [0.29, 0.717) is 0 Å². The molecule has 63 valence electrons. The van der Waals surface area contributed by atoms with Gasteiger partial charge in [0.2, 0.25) is 0 Å². The van der Waals surface area contributed by atoms with Crippen molar-refractivity contribution in [3.05, 3.63) is 6.92 Å². The number of hydrogen-bond donors (Lipinski definition) is 0. The van der Waals surface area contributed by atoms with E-state index in [1.54, 1.807) is 0 Å². The topological polar surface area (TPSA) is 28.5 Å². The van der Waals surface area contributed by atoms with E-state index in [9.17, 15) is 0 Å². The van der Waals surface area contributed by atoms with Crippen LogP contribution in [-0.4, -0.2) is 0 Å². The van der Waals surface area contributed by atoms with Crippen molar-refractivity contribution in [1.29, 1.82) is 0 Å². The molecule has 0 fully saturated rings. The van der Waals surface area contributed by atoms with E-state index < -0.39 is 0 Å². The van der Waals surface area contributed by atoms with Gasteiger partial charge in [0.15, 0.2) is 0 Å². The van der Waals surface area contributed by atoms with Crippen molar-refractivity contribution >= 4 is 0 Å². The van der Waals surface area contributed by atoms with Crippen molar-refractivity contribution in [2.75, 3.05) is 0 Å². The molecule has 0 N–H and O–H groups in total. The zero-order chi connectivity index (χ0) is 6.24. The third-order valence-electron chi connectivity index (χ3n) is 1.35. The summed E-state index contributed by atoms with van der Waals surface area (Å²) in [5.74, 6) is 0. The second kappa shape index (κ2) is 16.2. The van der Waals surface area contributed by atoms with Crippen LogP contribution >= 0.6 is 0 Å². The first-order valence-corrected chi connectivity index (χ1v) is 3.71. The number of unbranched alkanes of at least 4 members (excludes halogenated alkanes) is 5. The first-order chi connectivity index (χ1) is 3.91. The molecule has 0 spiro atoms. The van der Waals surface area contributed by atoms with Gasteiger partial charge >= 0.3 is 17.1 Å². The van der Waals surface area contributed by atoms with Gasteiger partial charge < -0.3 is 12.4 Å². The molecule has 2 heteroatoms. The molecule has 0 aliphatic heterocycles. The van der Waals surface area contributed by atoms with Gasteiger partial charge in [-0.3, -0.25) is 0 Å². The molecule has 0 rings (SSSR count). The molecular weight excluding hydrogens is 168 g/mol. The molecule has 0 atom stereocenters. The van der Waals surface area contributed by atoms with Crippen LogP contribution in [0.1, 0.15) is 45.4 Å². The predicted octanol–water partition coefficient (Wildman–Crippen LogP) is 3.06. The van der Waals surface area contributed by atoms with Gasteiger partial charge in [-0.2, -0.15) is 6.42 Å². The third kappa shape index (κ3) is 15.8. The van der Waals surface area contributed by atoms with Gasteiger partial charge in [0, 0.05) is 0 Å². The summed E-state index contributed by atoms with van der Waals surface area (Å²) < 4.78 is 0. The van der Waals surface area contributed by atoms with Crippen LogP contribution in [0, 0.1) is 6.92 Å². The van der Waals surface area contributed by atoms with Crippen LogP contribution in [0.4, 0.5) is 0 Å². The maximum Gasteiger partial charge on any atom is 3.00 e. The maximum absolute atomic E-state index is 3.78. The fraction of sp³-hybridized carbons (Fsp3) is 0.875. The first kappa shape index (κ1) is 16.8. The minimum Gasteiger partial charge on any atom is -2.00 e. The van der Waals surface area contributed by atoms with Crippen LogP contribution in [-0.2, 0) is 22.5 Å². The van der Waals surface area contributed by atoms with Crippen LogP contribution in [0.3, 0.4) is 0 Å². The summed E-state index contributed by atoms with van der Waals surface area (Å²) in [6.45, 7) is 6.02. The Morgan fingerprint density at radius 1 is 1.00 bits per heavy atom. The average molecular weight is 185 g/mol. The monoisotopic (exact) mass is 185 g/mol. The van der Waals surface area contributed by atoms with E-state index >= 15 is 0 Å². The molecule has 0 aromatic carbocycles. The molecule has 0 unspecified atom stereocenters. The summed E-state index contributed by atoms with van der Waals surface area (Å²) in [4.78, 5) is 0. The molecule has 0 bridgehead atoms. The molecule has 0 aromatic rings. The summed E-state index contributed by atoms with van der Waals surface area (Å²) in [6.07, 6.45) is 7.98. The Bertz CT molecular complexity index is 34.2. The van der Waals surface area contributed by atoms with Gasteiger partial charge in [-0.1, -0.05) is 39.0 Å². The molecular formula is C8H17FeO. The van der Waals surface area contributed by atoms with Crippen LogP contribution < -0.4 is 0 Å². The molecule has 1 nitrogen and oxygen atoms in total. The van der Waals surface area contributed by atoms with E-state index in [2.05, 4.69) is 13.8 Å². The van der Waals surface area contributed by atoms with E-state index in [-0.39, 0.29) is 22.5 Å². The van der Waals surface area contributed by atoms with Crippen molar-refractivity contribution in [2.45, 2.75) is 45.4 Å². The second-order valence-corrected chi connectivity index (χ2v) is 2.27. The molecule has 0 amide bonds. The zero-order valence-corrected chi connectivity index (χ0v) is 7.82. The van der Waals surface area contributed by atoms with Crippen molar-refractivity contribution < 1.29 is 22.5 Å². The van der Waals surface area contributed by atoms with Gasteiger partial charge in [0.05, 0.1) is 0 Å². The van der Waals surface area contributed by atoms with Crippen molar-refractivity contribution in [3.63, 3.8) is 0 Å². The normalized spacial score (nSPS) is 7.80. The maximum atomic E-state index is 3.78. The average Bonchev–Trinajstić information content (AvgIpc) is 1.81. The zero-order valence-electron chi connectivity index (χ0n) is 6.71. The van der Waals surface area contributed by atoms with E-state index in [1.807, 2.05) is 0 Å². The molecule has 1 radical (unpaired) electrons. The second-order valence-electron chi connectivity index (χ2n) is 2.27. The van der Waals surface area contributed by atoms with Gasteiger partial charge in [-0.05, 0) is 0 Å². The van der Waals surface area contributed by atoms with E-state index in [0.717, 1.165) is 6.42 Å². The predicted molar refractivity (Wildman–Crippen MR) is 39.4 cm³/mol. The van der Waals surface area contributed by atoms with Crippen LogP contribution in [0.2, 0.25) is 0 Å². The summed E-state index contributed by atoms with van der Waals surface area (Å²) in [7, 11) is 0. The van der Waals surface area contributed by atoms with Crippen molar-refractivity contribution in [2.24, 2.45) is 0 Å². The van der Waals surface area contributed by atoms with Crippen LogP contribution in [0.5, 0.6) is 0 Å². The molecule has 0 saturated heterocycles. The fourth-order valence-corrected chi connectivity index (χ4v) is 0.780. The van der Waals surface area contributed by atoms with E-state index in [4.69, 9.17) is 0 Å². The van der Waals surface area contributed by atoms with Gasteiger partial charge in [0.25, 0.3) is 0 Å². The van der Waals surface area contributed by atoms with Crippen LogP contribution in [0.15, 0.2) is 0 Å². The summed E-state index contributed by atoms with van der Waals surface area (Å²) in [6, 6.07) is 0. The minimum absolute atomic E-state index is 0. The number of rotatable bonds is 5. The fourth-order valence-electron chi connectivity index (χ4n) is 0.780. The summed E-state index contributed by atoms with van der Waals surface area (Å²) in [5.41, 5.74) is 0. The Morgan fingerprint density at radius 3 is 1.90 bits per heavy atom. The van der Waals surface area contributed by atoms with Crippen molar-refractivity contribution in [1.82, 2.24) is 0 Å². The Morgan fingerprint density at radius 2 is 1.50 bits per heavy atom. The summed E-state index contributed by atoms with van der Waals surface area (Å²) in [5, 5.41) is 0. The first-order valence-electron chi connectivity index (χ1n) is 3.71. The Kier molecular flexibility index (Phi) is 27.3.